The molecule has 1 aliphatic carbocycles. The highest BCUT2D eigenvalue weighted by Crippen LogP contribution is 2.32. The highest BCUT2D eigenvalue weighted by atomic mass is 16.6. The summed E-state index contributed by atoms with van der Waals surface area (Å²) in [7, 11) is 0. The van der Waals surface area contributed by atoms with Gasteiger partial charge in [0.25, 0.3) is 0 Å². The van der Waals surface area contributed by atoms with Crippen LogP contribution in [0.25, 0.3) is 0 Å². The lowest BCUT2D eigenvalue weighted by atomic mass is 9.79. The van der Waals surface area contributed by atoms with Gasteiger partial charge < -0.3 is 14.2 Å². The van der Waals surface area contributed by atoms with Crippen molar-refractivity contribution >= 4 is 17.9 Å². The number of hydrogen-bond donors (Lipinski definition) is 0. The lowest BCUT2D eigenvalue weighted by molar-refractivity contribution is -0.168. The molecule has 26 heavy (non-hydrogen) atoms. The molecule has 142 valence electrons. The molecule has 1 aliphatic rings. The lowest BCUT2D eigenvalue weighted by Crippen LogP contribution is -2.35. The number of carbonyl (C=O) groups is 3. The summed E-state index contributed by atoms with van der Waals surface area (Å²) in [6.45, 7) is 1.95. The van der Waals surface area contributed by atoms with Crippen LogP contribution < -0.4 is 0 Å². The first-order valence-corrected chi connectivity index (χ1v) is 9.14. The van der Waals surface area contributed by atoms with E-state index in [0.717, 1.165) is 18.4 Å². The van der Waals surface area contributed by atoms with Gasteiger partial charge in [-0.05, 0) is 24.8 Å². The van der Waals surface area contributed by atoms with E-state index < -0.39 is 30.4 Å². The molecule has 0 aromatic heterocycles. The maximum Gasteiger partial charge on any atom is 0.344 e. The highest BCUT2D eigenvalue weighted by molar-refractivity contribution is 5.83. The zero-order valence-corrected chi connectivity index (χ0v) is 15.1. The molecule has 0 aliphatic heterocycles. The summed E-state index contributed by atoms with van der Waals surface area (Å²) in [4.78, 5) is 36.2. The van der Waals surface area contributed by atoms with Crippen LogP contribution in [0.15, 0.2) is 30.3 Å². The monoisotopic (exact) mass is 362 g/mol. The summed E-state index contributed by atoms with van der Waals surface area (Å²) in [6.07, 6.45) is 3.58. The third-order valence-corrected chi connectivity index (χ3v) is 4.39. The Kier molecular flexibility index (Phi) is 8.12. The maximum absolute atomic E-state index is 12.4. The minimum Gasteiger partial charge on any atom is -0.463 e. The van der Waals surface area contributed by atoms with Gasteiger partial charge in [-0.3, -0.25) is 9.59 Å². The van der Waals surface area contributed by atoms with E-state index in [1.54, 1.807) is 0 Å². The summed E-state index contributed by atoms with van der Waals surface area (Å²) < 4.78 is 15.3. The average Bonchev–Trinajstić information content (AvgIpc) is 2.69. The predicted molar refractivity (Wildman–Crippen MR) is 93.9 cm³/mol. The summed E-state index contributed by atoms with van der Waals surface area (Å²) in [5.41, 5.74) is 0.898. The predicted octanol–water partition coefficient (Wildman–Crippen LogP) is 3.03. The Balaban J connectivity index is 1.86. The summed E-state index contributed by atoms with van der Waals surface area (Å²) in [5, 5.41) is 0. The molecule has 1 saturated carbocycles. The molecule has 0 saturated heterocycles. The molecule has 0 heterocycles. The van der Waals surface area contributed by atoms with Gasteiger partial charge in [0.05, 0.1) is 18.4 Å². The first-order chi connectivity index (χ1) is 12.6. The zero-order valence-electron chi connectivity index (χ0n) is 15.1. The van der Waals surface area contributed by atoms with Gasteiger partial charge in [0.1, 0.15) is 6.61 Å². The molecule has 6 heteroatoms. The van der Waals surface area contributed by atoms with Crippen molar-refractivity contribution in [2.45, 2.75) is 45.6 Å². The van der Waals surface area contributed by atoms with Crippen LogP contribution in [0.1, 0.15) is 44.6 Å². The summed E-state index contributed by atoms with van der Waals surface area (Å²) in [6, 6.07) is 9.40. The van der Waals surface area contributed by atoms with Crippen LogP contribution in [-0.4, -0.2) is 31.1 Å². The van der Waals surface area contributed by atoms with E-state index in [1.807, 2.05) is 37.3 Å². The molecule has 0 N–H and O–H groups in total. The van der Waals surface area contributed by atoms with E-state index in [-0.39, 0.29) is 12.6 Å². The largest absolute Gasteiger partial charge is 0.463 e. The van der Waals surface area contributed by atoms with Crippen LogP contribution in [0.2, 0.25) is 0 Å². The molecule has 2 atom stereocenters. The van der Waals surface area contributed by atoms with E-state index in [9.17, 15) is 14.4 Å². The molecule has 0 spiro atoms. The molecule has 2 rings (SSSR count). The Bertz CT molecular complexity index is 598. The third kappa shape index (κ3) is 6.17. The number of benzene rings is 1. The van der Waals surface area contributed by atoms with Crippen molar-refractivity contribution in [1.82, 2.24) is 0 Å². The lowest BCUT2D eigenvalue weighted by Gasteiger charge is -2.28. The van der Waals surface area contributed by atoms with Crippen molar-refractivity contribution in [2.75, 3.05) is 13.2 Å². The van der Waals surface area contributed by atoms with Crippen molar-refractivity contribution in [3.05, 3.63) is 35.9 Å². The van der Waals surface area contributed by atoms with Crippen LogP contribution >= 0.6 is 0 Å². The molecule has 1 aromatic rings. The number of ether oxygens (including phenoxy) is 3. The van der Waals surface area contributed by atoms with Gasteiger partial charge >= 0.3 is 17.9 Å². The molecule has 0 radical (unpaired) electrons. The average molecular weight is 362 g/mol. The van der Waals surface area contributed by atoms with Crippen molar-refractivity contribution in [3.63, 3.8) is 0 Å². The third-order valence-electron chi connectivity index (χ3n) is 4.39. The van der Waals surface area contributed by atoms with Crippen molar-refractivity contribution < 1.29 is 28.6 Å². The van der Waals surface area contributed by atoms with Gasteiger partial charge in [-0.2, -0.15) is 0 Å². The fourth-order valence-corrected chi connectivity index (χ4v) is 3.03. The fraction of sp³-hybridized carbons (Fsp3) is 0.550. The number of carbonyl (C=O) groups excluding carboxylic acids is 3. The standard InChI is InChI=1S/C20H26O6/c1-2-12-24-18(21)14-26-20(23)17-11-7-6-10-16(17)19(22)25-13-15-8-4-3-5-9-15/h3-5,8-9,16-17H,2,6-7,10-14H2,1H3/t16-,17+/m0/s1. The van der Waals surface area contributed by atoms with E-state index in [2.05, 4.69) is 0 Å². The second-order valence-electron chi connectivity index (χ2n) is 6.42. The molecule has 0 amide bonds. The van der Waals surface area contributed by atoms with Gasteiger partial charge in [-0.15, -0.1) is 0 Å². The van der Waals surface area contributed by atoms with Gasteiger partial charge in [-0.25, -0.2) is 4.79 Å². The van der Waals surface area contributed by atoms with Crippen LogP contribution in [0.4, 0.5) is 0 Å². The molecule has 1 fully saturated rings. The van der Waals surface area contributed by atoms with Gasteiger partial charge in [-0.1, -0.05) is 50.1 Å². The summed E-state index contributed by atoms with van der Waals surface area (Å²) >= 11 is 0. The number of hydrogen-bond acceptors (Lipinski definition) is 6. The first kappa shape index (κ1) is 19.9. The normalized spacial score (nSPS) is 19.4. The Labute approximate surface area is 153 Å². The summed E-state index contributed by atoms with van der Waals surface area (Å²) in [5.74, 6) is -2.57. The second-order valence-corrected chi connectivity index (χ2v) is 6.42. The Morgan fingerprint density at radius 2 is 1.54 bits per heavy atom. The van der Waals surface area contributed by atoms with Gasteiger partial charge in [0, 0.05) is 0 Å². The number of rotatable bonds is 8. The Morgan fingerprint density at radius 3 is 2.15 bits per heavy atom. The molecular weight excluding hydrogens is 336 g/mol. The minimum atomic E-state index is -0.570. The molecule has 6 nitrogen and oxygen atoms in total. The maximum atomic E-state index is 12.4. The van der Waals surface area contributed by atoms with Crippen LogP contribution in [-0.2, 0) is 35.2 Å². The highest BCUT2D eigenvalue weighted by Gasteiger charge is 2.38. The topological polar surface area (TPSA) is 78.9 Å². The molecule has 1 aromatic carbocycles. The second kappa shape index (κ2) is 10.6. The van der Waals surface area contributed by atoms with Gasteiger partial charge in [0.15, 0.2) is 6.61 Å². The number of esters is 3. The quantitative estimate of drug-likeness (QED) is 0.522. The van der Waals surface area contributed by atoms with Crippen LogP contribution in [0.5, 0.6) is 0 Å². The van der Waals surface area contributed by atoms with E-state index >= 15 is 0 Å². The molecular formula is C20H26O6. The van der Waals surface area contributed by atoms with Crippen molar-refractivity contribution in [2.24, 2.45) is 11.8 Å². The minimum absolute atomic E-state index is 0.182. The van der Waals surface area contributed by atoms with E-state index in [0.29, 0.717) is 25.9 Å². The zero-order chi connectivity index (χ0) is 18.8. The molecule has 0 unspecified atom stereocenters. The Morgan fingerprint density at radius 1 is 0.923 bits per heavy atom. The van der Waals surface area contributed by atoms with Crippen LogP contribution in [0.3, 0.4) is 0 Å². The van der Waals surface area contributed by atoms with Crippen molar-refractivity contribution in [3.8, 4) is 0 Å². The fourth-order valence-electron chi connectivity index (χ4n) is 3.03. The molecule has 0 bridgehead atoms. The van der Waals surface area contributed by atoms with Gasteiger partial charge in [0.2, 0.25) is 0 Å². The Hall–Kier alpha value is -2.37. The van der Waals surface area contributed by atoms with E-state index in [4.69, 9.17) is 14.2 Å². The van der Waals surface area contributed by atoms with Crippen LogP contribution in [0, 0.1) is 11.8 Å². The SMILES string of the molecule is CCCOC(=O)COC(=O)[C@@H]1CCCC[C@@H]1C(=O)OCc1ccccc1. The first-order valence-electron chi connectivity index (χ1n) is 9.14. The van der Waals surface area contributed by atoms with Crippen molar-refractivity contribution in [1.29, 1.82) is 0 Å². The smallest absolute Gasteiger partial charge is 0.344 e. The van der Waals surface area contributed by atoms with E-state index in [1.165, 1.54) is 0 Å².